The topological polar surface area (TPSA) is 63.1 Å². The minimum atomic E-state index is -4.47. The molecule has 0 fully saturated rings. The molecule has 1 N–H and O–H groups in total. The number of pyridine rings is 1. The van der Waals surface area contributed by atoms with Gasteiger partial charge in [0, 0.05) is 25.1 Å². The van der Waals surface area contributed by atoms with Gasteiger partial charge >= 0.3 is 6.18 Å². The van der Waals surface area contributed by atoms with E-state index in [4.69, 9.17) is 0 Å². The van der Waals surface area contributed by atoms with Gasteiger partial charge < -0.3 is 5.32 Å². The Morgan fingerprint density at radius 1 is 1.16 bits per heavy atom. The van der Waals surface area contributed by atoms with Crippen LogP contribution in [-0.2, 0) is 17.5 Å². The van der Waals surface area contributed by atoms with Crippen LogP contribution in [0.25, 0.3) is 5.82 Å². The average molecular weight is 431 g/mol. The fourth-order valence-corrected chi connectivity index (χ4v) is 3.35. The van der Waals surface area contributed by atoms with Crippen LogP contribution in [0, 0.1) is 0 Å². The molecule has 164 valence electrons. The predicted molar refractivity (Wildman–Crippen MR) is 110 cm³/mol. The minimum Gasteiger partial charge on any atom is -0.350 e. The zero-order chi connectivity index (χ0) is 22.4. The molecule has 31 heavy (non-hydrogen) atoms. The van der Waals surface area contributed by atoms with Gasteiger partial charge in [-0.2, -0.15) is 18.3 Å². The number of halogens is 3. The summed E-state index contributed by atoms with van der Waals surface area (Å²) in [6.45, 7) is 4.99. The van der Waals surface area contributed by atoms with Gasteiger partial charge in [-0.15, -0.1) is 0 Å². The average Bonchev–Trinajstić information content (AvgIpc) is 3.30. The first-order valence-corrected chi connectivity index (χ1v) is 9.97. The zero-order valence-electron chi connectivity index (χ0n) is 17.3. The lowest BCUT2D eigenvalue weighted by Crippen LogP contribution is -2.40. The molecule has 0 saturated carbocycles. The van der Waals surface area contributed by atoms with Crippen LogP contribution in [0.15, 0.2) is 61.1 Å². The predicted octanol–water partition coefficient (Wildman–Crippen LogP) is 3.99. The normalized spacial score (nSPS) is 12.7. The molecule has 3 rings (SSSR count). The van der Waals surface area contributed by atoms with Gasteiger partial charge in [0.05, 0.1) is 5.56 Å². The largest absolute Gasteiger partial charge is 0.416 e. The second kappa shape index (κ2) is 9.74. The Morgan fingerprint density at radius 2 is 1.94 bits per heavy atom. The van der Waals surface area contributed by atoms with Crippen molar-refractivity contribution in [2.24, 2.45) is 0 Å². The van der Waals surface area contributed by atoms with Crippen LogP contribution in [0.4, 0.5) is 13.2 Å². The van der Waals surface area contributed by atoms with Gasteiger partial charge in [-0.1, -0.05) is 32.0 Å². The Morgan fingerprint density at radius 3 is 2.52 bits per heavy atom. The number of rotatable bonds is 8. The first-order valence-electron chi connectivity index (χ1n) is 9.97. The van der Waals surface area contributed by atoms with Gasteiger partial charge in [-0.05, 0) is 48.5 Å². The molecule has 1 amide bonds. The van der Waals surface area contributed by atoms with E-state index in [1.807, 2.05) is 24.8 Å². The lowest BCUT2D eigenvalue weighted by molar-refractivity contribution is -0.138. The first-order chi connectivity index (χ1) is 14.8. The maximum absolute atomic E-state index is 13.2. The number of carbonyl (C=O) groups excluding carboxylic acids is 1. The second-order valence-electron chi connectivity index (χ2n) is 6.94. The summed E-state index contributed by atoms with van der Waals surface area (Å²) >= 11 is 0. The molecule has 0 saturated heterocycles. The van der Waals surface area contributed by atoms with E-state index in [1.165, 1.54) is 6.07 Å². The molecule has 3 aromatic rings. The number of hydrogen-bond acceptors (Lipinski definition) is 4. The van der Waals surface area contributed by atoms with Crippen LogP contribution in [0.1, 0.15) is 36.6 Å². The van der Waals surface area contributed by atoms with Gasteiger partial charge in [-0.3, -0.25) is 9.69 Å². The molecule has 0 aliphatic heterocycles. The van der Waals surface area contributed by atoms with Crippen LogP contribution >= 0.6 is 0 Å². The molecule has 1 atom stereocenters. The van der Waals surface area contributed by atoms with Crippen molar-refractivity contribution in [1.29, 1.82) is 0 Å². The maximum atomic E-state index is 13.2. The summed E-state index contributed by atoms with van der Waals surface area (Å²) in [7, 11) is 0. The van der Waals surface area contributed by atoms with E-state index in [9.17, 15) is 18.0 Å². The minimum absolute atomic E-state index is 0.210. The molecule has 0 bridgehead atoms. The van der Waals surface area contributed by atoms with Crippen LogP contribution in [0.2, 0.25) is 0 Å². The molecular weight excluding hydrogens is 407 g/mol. The number of aromatic nitrogens is 3. The standard InChI is InChI=1S/C22H24F3N5O/c1-3-29(4-2)20(17-7-5-8-18(13-17)22(23,24)25)21(31)27-15-16-9-10-19(26-14-16)30-12-6-11-28-30/h5-14,20H,3-4,15H2,1-2H3,(H,27,31). The summed E-state index contributed by atoms with van der Waals surface area (Å²) < 4.78 is 41.1. The molecule has 0 spiro atoms. The van der Waals surface area contributed by atoms with Crippen molar-refractivity contribution in [1.82, 2.24) is 25.0 Å². The third kappa shape index (κ3) is 5.49. The van der Waals surface area contributed by atoms with E-state index in [0.717, 1.165) is 17.7 Å². The number of nitrogens with zero attached hydrogens (tertiary/aromatic N) is 4. The molecule has 2 aromatic heterocycles. The Bertz CT molecular complexity index is 983. The SMILES string of the molecule is CCN(CC)C(C(=O)NCc1ccc(-n2cccn2)nc1)c1cccc(C(F)(F)F)c1. The fraction of sp³-hybridized carbons (Fsp3) is 0.318. The molecule has 0 aliphatic rings. The summed E-state index contributed by atoms with van der Waals surface area (Å²) in [5.41, 5.74) is 0.308. The van der Waals surface area contributed by atoms with Crippen molar-refractivity contribution < 1.29 is 18.0 Å². The fourth-order valence-electron chi connectivity index (χ4n) is 3.35. The highest BCUT2D eigenvalue weighted by Crippen LogP contribution is 2.32. The highest BCUT2D eigenvalue weighted by Gasteiger charge is 2.33. The van der Waals surface area contributed by atoms with Gasteiger partial charge in [0.25, 0.3) is 0 Å². The molecule has 2 heterocycles. The van der Waals surface area contributed by atoms with E-state index in [-0.39, 0.29) is 12.5 Å². The van der Waals surface area contributed by atoms with Gasteiger partial charge in [0.2, 0.25) is 5.91 Å². The summed E-state index contributed by atoms with van der Waals surface area (Å²) in [4.78, 5) is 19.2. The van der Waals surface area contributed by atoms with E-state index in [2.05, 4.69) is 15.4 Å². The van der Waals surface area contributed by atoms with E-state index >= 15 is 0 Å². The van der Waals surface area contributed by atoms with E-state index < -0.39 is 17.8 Å². The van der Waals surface area contributed by atoms with Crippen molar-refractivity contribution in [2.75, 3.05) is 13.1 Å². The second-order valence-corrected chi connectivity index (χ2v) is 6.94. The molecule has 1 unspecified atom stereocenters. The highest BCUT2D eigenvalue weighted by molar-refractivity contribution is 5.83. The van der Waals surface area contributed by atoms with Crippen molar-refractivity contribution in [2.45, 2.75) is 32.6 Å². The molecule has 6 nitrogen and oxygen atoms in total. The van der Waals surface area contributed by atoms with Gasteiger partial charge in [-0.25, -0.2) is 9.67 Å². The summed E-state index contributed by atoms with van der Waals surface area (Å²) in [5.74, 6) is 0.282. The molecule has 0 radical (unpaired) electrons. The third-order valence-corrected chi connectivity index (χ3v) is 4.97. The number of nitrogens with one attached hydrogen (secondary N) is 1. The highest BCUT2D eigenvalue weighted by atomic mass is 19.4. The van der Waals surface area contributed by atoms with Crippen LogP contribution in [-0.4, -0.2) is 38.7 Å². The van der Waals surface area contributed by atoms with Crippen molar-refractivity contribution >= 4 is 5.91 Å². The van der Waals surface area contributed by atoms with Crippen LogP contribution in [0.5, 0.6) is 0 Å². The third-order valence-electron chi connectivity index (χ3n) is 4.97. The number of likely N-dealkylation sites (N-methyl/N-ethyl adjacent to an activating group) is 1. The Balaban J connectivity index is 1.76. The smallest absolute Gasteiger partial charge is 0.350 e. The van der Waals surface area contributed by atoms with E-state index in [1.54, 1.807) is 41.5 Å². The summed E-state index contributed by atoms with van der Waals surface area (Å²) in [6, 6.07) is 9.50. The Kier molecular flexibility index (Phi) is 7.06. The first kappa shape index (κ1) is 22.5. The Labute approximate surface area is 178 Å². The lowest BCUT2D eigenvalue weighted by atomic mass is 10.0. The monoisotopic (exact) mass is 431 g/mol. The molecular formula is C22H24F3N5O. The quantitative estimate of drug-likeness (QED) is 0.586. The Hall–Kier alpha value is -3.20. The summed E-state index contributed by atoms with van der Waals surface area (Å²) in [6.07, 6.45) is 0.584. The molecule has 9 heteroatoms. The molecule has 0 aliphatic carbocycles. The number of hydrogen-bond donors (Lipinski definition) is 1. The molecule has 1 aromatic carbocycles. The number of alkyl halides is 3. The van der Waals surface area contributed by atoms with Gasteiger partial charge in [0.15, 0.2) is 5.82 Å². The number of benzene rings is 1. The lowest BCUT2D eigenvalue weighted by Gasteiger charge is -2.29. The van der Waals surface area contributed by atoms with Crippen molar-refractivity contribution in [3.05, 3.63) is 77.7 Å². The summed E-state index contributed by atoms with van der Waals surface area (Å²) in [5, 5.41) is 6.94. The van der Waals surface area contributed by atoms with Gasteiger partial charge in [0.1, 0.15) is 6.04 Å². The van der Waals surface area contributed by atoms with Crippen molar-refractivity contribution in [3.8, 4) is 5.82 Å². The number of amides is 1. The number of carbonyl (C=O) groups is 1. The van der Waals surface area contributed by atoms with Crippen molar-refractivity contribution in [3.63, 3.8) is 0 Å². The maximum Gasteiger partial charge on any atom is 0.416 e. The van der Waals surface area contributed by atoms with Crippen LogP contribution in [0.3, 0.4) is 0 Å². The van der Waals surface area contributed by atoms with Crippen LogP contribution < -0.4 is 5.32 Å². The zero-order valence-corrected chi connectivity index (χ0v) is 17.3. The van der Waals surface area contributed by atoms with E-state index in [0.29, 0.717) is 24.5 Å².